The summed E-state index contributed by atoms with van der Waals surface area (Å²) in [4.78, 5) is 32.9. The summed E-state index contributed by atoms with van der Waals surface area (Å²) < 4.78 is 54.5. The summed E-state index contributed by atoms with van der Waals surface area (Å²) in [6, 6.07) is 5.68. The molecule has 2 unspecified atom stereocenters. The Kier molecular flexibility index (Phi) is 7.57. The third kappa shape index (κ3) is 5.02. The van der Waals surface area contributed by atoms with Crippen LogP contribution in [0.2, 0.25) is 5.02 Å². The van der Waals surface area contributed by atoms with Crippen molar-refractivity contribution in [3.8, 4) is 23.2 Å². The third-order valence-electron chi connectivity index (χ3n) is 11.0. The van der Waals surface area contributed by atoms with Crippen LogP contribution in [0.3, 0.4) is 0 Å². The Labute approximate surface area is 299 Å². The van der Waals surface area contributed by atoms with E-state index in [-0.39, 0.29) is 73.0 Å². The minimum atomic E-state index is -0.960. The molecule has 11 nitrogen and oxygen atoms in total. The number of fused-ring (bicyclic) bond motifs is 5. The molecule has 2 N–H and O–H groups in total. The summed E-state index contributed by atoms with van der Waals surface area (Å²) in [5.41, 5.74) is 5.69. The zero-order valence-electron chi connectivity index (χ0n) is 27.2. The number of benzene rings is 2. The van der Waals surface area contributed by atoms with Gasteiger partial charge in [-0.2, -0.15) is 15.2 Å². The van der Waals surface area contributed by atoms with Gasteiger partial charge in [-0.25, -0.2) is 22.9 Å². The van der Waals surface area contributed by atoms with Crippen molar-refractivity contribution < 1.29 is 22.7 Å². The first kappa shape index (κ1) is 32.3. The third-order valence-corrected chi connectivity index (χ3v) is 12.3. The zero-order chi connectivity index (χ0) is 35.2. The molecule has 0 radical (unpaired) electrons. The predicted octanol–water partition coefficient (Wildman–Crippen LogP) is 6.37. The van der Waals surface area contributed by atoms with E-state index < -0.39 is 23.3 Å². The molecular formula is C35H31ClF3N9O2S. The Balaban J connectivity index is 1.16. The van der Waals surface area contributed by atoms with E-state index in [9.17, 15) is 18.8 Å². The Morgan fingerprint density at radius 3 is 2.75 bits per heavy atom. The highest BCUT2D eigenvalue weighted by Crippen LogP contribution is 2.47. The van der Waals surface area contributed by atoms with E-state index >= 15 is 4.39 Å². The van der Waals surface area contributed by atoms with Crippen LogP contribution in [0, 0.1) is 23.0 Å². The lowest BCUT2D eigenvalue weighted by molar-refractivity contribution is 0.107. The van der Waals surface area contributed by atoms with Crippen LogP contribution in [0.4, 0.5) is 28.8 Å². The lowest BCUT2D eigenvalue weighted by atomic mass is 9.95. The number of anilines is 2. The molecule has 3 aromatic heterocycles. The fraction of sp³-hybridized carbons (Fsp3) is 0.400. The first-order chi connectivity index (χ1) is 24.7. The molecule has 4 aliphatic rings. The number of thiophene rings is 1. The number of hydrogen-bond donors (Lipinski definition) is 1. The second-order valence-corrected chi connectivity index (χ2v) is 15.3. The molecule has 16 heteroatoms. The van der Waals surface area contributed by atoms with Crippen molar-refractivity contribution in [3.63, 3.8) is 0 Å². The summed E-state index contributed by atoms with van der Waals surface area (Å²) in [5.74, 6) is -0.992. The van der Waals surface area contributed by atoms with E-state index in [1.54, 1.807) is 18.5 Å². The standard InChI is InChI=1S/C35H31ClF3N9O2S/c36-24-10-22-29(28(39)27(24)21-4-5-25(38)30-26(21)23(12-40)31(41)51-30)43-33(50-16-35-6-1-8-47(35)13-18(37)11-35)44-32(22)46-14-19-2-3-20(15-46)48(19)34(49)45-9-7-42-17-45/h4-5,7,9-10,17-20H,1-3,6,8,11,13-16,41H2/t18-,19?,20?,35+/m1/s1. The van der Waals surface area contributed by atoms with Gasteiger partial charge in [0.25, 0.3) is 0 Å². The van der Waals surface area contributed by atoms with Crippen molar-refractivity contribution in [2.24, 2.45) is 0 Å². The number of nitriles is 1. The smallest absolute Gasteiger partial charge is 0.330 e. The Hall–Kier alpha value is -4.65. The SMILES string of the molecule is N#Cc1c(N)sc2c(F)ccc(-c3c(Cl)cc4c(N5CC6CCC(C5)N6C(=O)n5ccnc5)nc(OC[C@@]56CCCN5C[C@H](F)C6)nc4c3F)c12. The van der Waals surface area contributed by atoms with Crippen LogP contribution in [-0.2, 0) is 0 Å². The molecule has 4 atom stereocenters. The first-order valence-electron chi connectivity index (χ1n) is 16.8. The van der Waals surface area contributed by atoms with Crippen LogP contribution in [0.1, 0.15) is 37.7 Å². The number of aromatic nitrogens is 4. The van der Waals surface area contributed by atoms with Crippen LogP contribution in [0.15, 0.2) is 36.9 Å². The molecule has 2 aromatic carbocycles. The van der Waals surface area contributed by atoms with Gasteiger partial charge in [-0.3, -0.25) is 9.47 Å². The van der Waals surface area contributed by atoms with Crippen LogP contribution < -0.4 is 15.4 Å². The van der Waals surface area contributed by atoms with Crippen LogP contribution in [0.5, 0.6) is 6.01 Å². The first-order valence-corrected chi connectivity index (χ1v) is 18.0. The molecule has 4 saturated heterocycles. The number of nitrogen functional groups attached to an aromatic ring is 1. The number of hydrogen-bond acceptors (Lipinski definition) is 10. The van der Waals surface area contributed by atoms with E-state index in [2.05, 4.69) is 14.9 Å². The normalized spacial score (nSPS) is 24.5. The van der Waals surface area contributed by atoms with E-state index in [1.807, 2.05) is 15.9 Å². The number of imidazole rings is 1. The van der Waals surface area contributed by atoms with Gasteiger partial charge in [-0.1, -0.05) is 17.7 Å². The number of alkyl halides is 1. The van der Waals surface area contributed by atoms with Crippen molar-refractivity contribution in [2.45, 2.75) is 55.9 Å². The van der Waals surface area contributed by atoms with Gasteiger partial charge in [0.15, 0.2) is 5.82 Å². The van der Waals surface area contributed by atoms with Crippen molar-refractivity contribution in [3.05, 3.63) is 59.1 Å². The van der Waals surface area contributed by atoms with Crippen LogP contribution >= 0.6 is 22.9 Å². The quantitative estimate of drug-likeness (QED) is 0.219. The van der Waals surface area contributed by atoms with Gasteiger partial charge in [0, 0.05) is 54.8 Å². The zero-order valence-corrected chi connectivity index (χ0v) is 28.7. The average molecular weight is 734 g/mol. The number of nitrogens with zero attached hydrogens (tertiary/aromatic N) is 8. The molecule has 0 aliphatic carbocycles. The molecule has 5 aromatic rings. The second-order valence-electron chi connectivity index (χ2n) is 13.8. The van der Waals surface area contributed by atoms with Crippen molar-refractivity contribution in [1.82, 2.24) is 29.3 Å². The molecule has 0 saturated carbocycles. The number of halogens is 4. The number of nitrogens with two attached hydrogens (primary N) is 1. The van der Waals surface area contributed by atoms with Gasteiger partial charge >= 0.3 is 12.0 Å². The number of carbonyl (C=O) groups excluding carboxylic acids is 1. The van der Waals surface area contributed by atoms with Gasteiger partial charge in [0.2, 0.25) is 0 Å². The lowest BCUT2D eigenvalue weighted by Crippen LogP contribution is -2.57. The lowest BCUT2D eigenvalue weighted by Gasteiger charge is -2.41. The van der Waals surface area contributed by atoms with Gasteiger partial charge in [-0.15, -0.1) is 11.3 Å². The number of piperazine rings is 1. The average Bonchev–Trinajstić information content (AvgIpc) is 3.93. The monoisotopic (exact) mass is 733 g/mol. The summed E-state index contributed by atoms with van der Waals surface area (Å²) in [6.07, 6.45) is 7.29. The maximum Gasteiger partial charge on any atom is 0.330 e. The maximum atomic E-state index is 17.1. The van der Waals surface area contributed by atoms with Gasteiger partial charge < -0.3 is 20.3 Å². The highest BCUT2D eigenvalue weighted by atomic mass is 35.5. The highest BCUT2D eigenvalue weighted by molar-refractivity contribution is 7.23. The number of carbonyl (C=O) groups is 1. The topological polar surface area (TPSA) is 129 Å². The molecule has 51 heavy (non-hydrogen) atoms. The number of amides is 1. The van der Waals surface area contributed by atoms with E-state index in [0.29, 0.717) is 37.3 Å². The van der Waals surface area contributed by atoms with Gasteiger partial charge in [-0.05, 0) is 49.9 Å². The number of rotatable bonds is 5. The van der Waals surface area contributed by atoms with Crippen LogP contribution in [0.25, 0.3) is 32.1 Å². The Morgan fingerprint density at radius 2 is 2.00 bits per heavy atom. The molecule has 4 aliphatic heterocycles. The van der Waals surface area contributed by atoms with Crippen molar-refractivity contribution >= 4 is 60.8 Å². The number of ether oxygens (including phenoxy) is 1. The molecule has 1 amide bonds. The minimum Gasteiger partial charge on any atom is -0.461 e. The van der Waals surface area contributed by atoms with Crippen molar-refractivity contribution in [2.75, 3.05) is 43.4 Å². The van der Waals surface area contributed by atoms with Crippen LogP contribution in [-0.4, -0.2) is 91.9 Å². The van der Waals surface area contributed by atoms with E-state index in [1.165, 1.54) is 23.0 Å². The maximum absolute atomic E-state index is 17.1. The van der Waals surface area contributed by atoms with Gasteiger partial charge in [0.05, 0.1) is 32.9 Å². The summed E-state index contributed by atoms with van der Waals surface area (Å²) in [7, 11) is 0. The second kappa shape index (κ2) is 12.0. The minimum absolute atomic E-state index is 0.0115. The molecule has 2 bridgehead atoms. The summed E-state index contributed by atoms with van der Waals surface area (Å²) in [5, 5.41) is 10.5. The fourth-order valence-electron chi connectivity index (χ4n) is 8.76. The van der Waals surface area contributed by atoms with Gasteiger partial charge in [0.1, 0.15) is 47.3 Å². The molecule has 7 heterocycles. The molecule has 9 rings (SSSR count). The van der Waals surface area contributed by atoms with E-state index in [4.69, 9.17) is 27.1 Å². The molecular weight excluding hydrogens is 703 g/mol. The molecule has 4 fully saturated rings. The summed E-state index contributed by atoms with van der Waals surface area (Å²) >= 11 is 7.81. The fourth-order valence-corrected chi connectivity index (χ4v) is 10.0. The van der Waals surface area contributed by atoms with E-state index in [0.717, 1.165) is 43.6 Å². The molecule has 262 valence electrons. The highest BCUT2D eigenvalue weighted by Gasteiger charge is 2.50. The largest absolute Gasteiger partial charge is 0.461 e. The van der Waals surface area contributed by atoms with Crippen molar-refractivity contribution in [1.29, 1.82) is 5.26 Å². The molecule has 0 spiro atoms. The predicted molar refractivity (Wildman–Crippen MR) is 187 cm³/mol. The summed E-state index contributed by atoms with van der Waals surface area (Å²) in [6.45, 7) is 2.10. The Bertz CT molecular complexity index is 2270. The Morgan fingerprint density at radius 1 is 1.20 bits per heavy atom.